The molecule has 6 heteroatoms. The van der Waals surface area contributed by atoms with Crippen LogP contribution in [0.25, 0.3) is 0 Å². The molecule has 100 valence electrons. The van der Waals surface area contributed by atoms with E-state index in [1.165, 1.54) is 4.31 Å². The molecule has 1 heterocycles. The van der Waals surface area contributed by atoms with Crippen LogP contribution in [0, 0.1) is 5.92 Å². The molecular formula is C12H17BrN2O2S. The van der Waals surface area contributed by atoms with Crippen molar-refractivity contribution in [2.45, 2.75) is 24.3 Å². The Balaban J connectivity index is 2.24. The van der Waals surface area contributed by atoms with Crippen molar-refractivity contribution in [1.82, 2.24) is 4.31 Å². The molecule has 4 nitrogen and oxygen atoms in total. The highest BCUT2D eigenvalue weighted by Gasteiger charge is 2.31. The molecule has 0 bridgehead atoms. The summed E-state index contributed by atoms with van der Waals surface area (Å²) in [6.45, 7) is 3.00. The van der Waals surface area contributed by atoms with Gasteiger partial charge in [-0.1, -0.05) is 22.9 Å². The number of hydrogen-bond acceptors (Lipinski definition) is 3. The molecule has 0 spiro atoms. The largest absolute Gasteiger partial charge is 0.327 e. The van der Waals surface area contributed by atoms with Crippen LogP contribution in [-0.4, -0.2) is 31.9 Å². The average molecular weight is 333 g/mol. The van der Waals surface area contributed by atoms with E-state index >= 15 is 0 Å². The molecule has 1 aromatic rings. The molecule has 2 atom stereocenters. The zero-order valence-corrected chi connectivity index (χ0v) is 12.6. The molecule has 1 aliphatic heterocycles. The standard InChI is InChI=1S/C12H17BrN2O2S/c1-9-8-15(7-6-12(9)14)18(16,17)11-4-2-10(13)3-5-11/h2-5,9,12H,6-8,14H2,1H3. The van der Waals surface area contributed by atoms with Gasteiger partial charge in [0.25, 0.3) is 0 Å². The first-order valence-corrected chi connectivity index (χ1v) is 8.16. The van der Waals surface area contributed by atoms with Crippen molar-refractivity contribution in [3.05, 3.63) is 28.7 Å². The fourth-order valence-electron chi connectivity index (χ4n) is 2.10. The Kier molecular flexibility index (Phi) is 4.11. The minimum Gasteiger partial charge on any atom is -0.327 e. The van der Waals surface area contributed by atoms with Gasteiger partial charge >= 0.3 is 0 Å². The van der Waals surface area contributed by atoms with E-state index in [4.69, 9.17) is 5.73 Å². The van der Waals surface area contributed by atoms with E-state index in [0.717, 1.165) is 10.9 Å². The smallest absolute Gasteiger partial charge is 0.243 e. The molecule has 1 aromatic carbocycles. The normalized spacial score (nSPS) is 26.2. The molecule has 18 heavy (non-hydrogen) atoms. The summed E-state index contributed by atoms with van der Waals surface area (Å²) in [4.78, 5) is 0.341. The van der Waals surface area contributed by atoms with Gasteiger partial charge in [0.05, 0.1) is 4.90 Å². The average Bonchev–Trinajstić information content (AvgIpc) is 2.33. The third-order valence-corrected chi connectivity index (χ3v) is 5.79. The van der Waals surface area contributed by atoms with E-state index < -0.39 is 10.0 Å². The van der Waals surface area contributed by atoms with Gasteiger partial charge in [0.15, 0.2) is 0 Å². The molecule has 2 unspecified atom stereocenters. The number of nitrogens with zero attached hydrogens (tertiary/aromatic N) is 1. The highest BCUT2D eigenvalue weighted by atomic mass is 79.9. The SMILES string of the molecule is CC1CN(S(=O)(=O)c2ccc(Br)cc2)CCC1N. The fraction of sp³-hybridized carbons (Fsp3) is 0.500. The maximum absolute atomic E-state index is 12.4. The quantitative estimate of drug-likeness (QED) is 0.898. The number of nitrogens with two attached hydrogens (primary N) is 1. The third kappa shape index (κ3) is 2.77. The first-order valence-electron chi connectivity index (χ1n) is 5.92. The van der Waals surface area contributed by atoms with Crippen LogP contribution in [0.2, 0.25) is 0 Å². The van der Waals surface area contributed by atoms with Crippen LogP contribution in [0.3, 0.4) is 0 Å². The van der Waals surface area contributed by atoms with Crippen LogP contribution in [0.4, 0.5) is 0 Å². The molecule has 1 fully saturated rings. The van der Waals surface area contributed by atoms with Gasteiger partial charge in [-0.3, -0.25) is 0 Å². The summed E-state index contributed by atoms with van der Waals surface area (Å²) in [6.07, 6.45) is 0.719. The topological polar surface area (TPSA) is 63.4 Å². The van der Waals surface area contributed by atoms with Gasteiger partial charge in [-0.15, -0.1) is 0 Å². The lowest BCUT2D eigenvalue weighted by Crippen LogP contribution is -2.48. The van der Waals surface area contributed by atoms with Gasteiger partial charge in [-0.2, -0.15) is 4.31 Å². The van der Waals surface area contributed by atoms with Crippen molar-refractivity contribution < 1.29 is 8.42 Å². The minimum atomic E-state index is -3.38. The summed E-state index contributed by atoms with van der Waals surface area (Å²) >= 11 is 3.30. The Hall–Kier alpha value is -0.430. The summed E-state index contributed by atoms with van der Waals surface area (Å²) < 4.78 is 27.2. The predicted molar refractivity (Wildman–Crippen MR) is 74.7 cm³/mol. The molecule has 1 saturated heterocycles. The Labute approximate surface area is 116 Å². The van der Waals surface area contributed by atoms with Gasteiger partial charge in [-0.05, 0) is 36.6 Å². The summed E-state index contributed by atoms with van der Waals surface area (Å²) in [7, 11) is -3.38. The highest BCUT2D eigenvalue weighted by Crippen LogP contribution is 2.24. The van der Waals surface area contributed by atoms with Crippen LogP contribution in [0.15, 0.2) is 33.6 Å². The molecule has 0 aliphatic carbocycles. The first-order chi connectivity index (χ1) is 8.41. The first kappa shape index (κ1) is 14.0. The van der Waals surface area contributed by atoms with E-state index in [9.17, 15) is 8.42 Å². The molecule has 1 aliphatic rings. The number of hydrogen-bond donors (Lipinski definition) is 1. The van der Waals surface area contributed by atoms with Gasteiger partial charge < -0.3 is 5.73 Å². The number of sulfonamides is 1. The van der Waals surface area contributed by atoms with Crippen molar-refractivity contribution in [3.63, 3.8) is 0 Å². The maximum atomic E-state index is 12.4. The number of rotatable bonds is 2. The van der Waals surface area contributed by atoms with E-state index in [0.29, 0.717) is 18.0 Å². The number of halogens is 1. The molecule has 0 radical (unpaired) electrons. The fourth-order valence-corrected chi connectivity index (χ4v) is 3.92. The second-order valence-electron chi connectivity index (χ2n) is 4.75. The number of piperidine rings is 1. The maximum Gasteiger partial charge on any atom is 0.243 e. The van der Waals surface area contributed by atoms with Crippen molar-refractivity contribution in [2.75, 3.05) is 13.1 Å². The lowest BCUT2D eigenvalue weighted by atomic mass is 9.96. The van der Waals surface area contributed by atoms with Crippen LogP contribution in [0.1, 0.15) is 13.3 Å². The summed E-state index contributed by atoms with van der Waals surface area (Å²) in [6, 6.07) is 6.83. The van der Waals surface area contributed by atoms with E-state index in [1.807, 2.05) is 6.92 Å². The van der Waals surface area contributed by atoms with E-state index in [1.54, 1.807) is 24.3 Å². The van der Waals surface area contributed by atoms with Gasteiger partial charge in [0.1, 0.15) is 0 Å². The lowest BCUT2D eigenvalue weighted by molar-refractivity contribution is 0.250. The summed E-state index contributed by atoms with van der Waals surface area (Å²) in [5, 5.41) is 0. The molecule has 2 N–H and O–H groups in total. The van der Waals surface area contributed by atoms with Crippen molar-refractivity contribution in [1.29, 1.82) is 0 Å². The summed E-state index contributed by atoms with van der Waals surface area (Å²) in [5.74, 6) is 0.198. The van der Waals surface area contributed by atoms with Crippen LogP contribution < -0.4 is 5.73 Å². The Morgan fingerprint density at radius 3 is 2.50 bits per heavy atom. The monoisotopic (exact) mass is 332 g/mol. The van der Waals surface area contributed by atoms with Gasteiger partial charge in [0.2, 0.25) is 10.0 Å². The van der Waals surface area contributed by atoms with Gasteiger partial charge in [0, 0.05) is 23.6 Å². The van der Waals surface area contributed by atoms with Crippen LogP contribution in [0.5, 0.6) is 0 Å². The zero-order valence-electron chi connectivity index (χ0n) is 10.2. The van der Waals surface area contributed by atoms with Crippen LogP contribution >= 0.6 is 15.9 Å². The van der Waals surface area contributed by atoms with E-state index in [-0.39, 0.29) is 12.0 Å². The zero-order chi connectivity index (χ0) is 13.3. The number of benzene rings is 1. The van der Waals surface area contributed by atoms with Gasteiger partial charge in [-0.25, -0.2) is 8.42 Å². The molecule has 0 saturated carbocycles. The summed E-state index contributed by atoms with van der Waals surface area (Å²) in [5.41, 5.74) is 5.91. The second-order valence-corrected chi connectivity index (χ2v) is 7.60. The molecule has 0 aromatic heterocycles. The second kappa shape index (κ2) is 5.28. The van der Waals surface area contributed by atoms with Crippen molar-refractivity contribution in [2.24, 2.45) is 11.7 Å². The van der Waals surface area contributed by atoms with Crippen LogP contribution in [-0.2, 0) is 10.0 Å². The lowest BCUT2D eigenvalue weighted by Gasteiger charge is -2.34. The molecule has 2 rings (SSSR count). The predicted octanol–water partition coefficient (Wildman–Crippen LogP) is 1.81. The van der Waals surface area contributed by atoms with Crippen molar-refractivity contribution >= 4 is 26.0 Å². The minimum absolute atomic E-state index is 0.0985. The Morgan fingerprint density at radius 2 is 1.94 bits per heavy atom. The Bertz CT molecular complexity index is 515. The third-order valence-electron chi connectivity index (χ3n) is 3.39. The van der Waals surface area contributed by atoms with Crippen molar-refractivity contribution in [3.8, 4) is 0 Å². The Morgan fingerprint density at radius 1 is 1.33 bits per heavy atom. The van der Waals surface area contributed by atoms with E-state index in [2.05, 4.69) is 15.9 Å². The molecular weight excluding hydrogens is 316 g/mol. The highest BCUT2D eigenvalue weighted by molar-refractivity contribution is 9.10. The molecule has 0 amide bonds.